The third-order valence-corrected chi connectivity index (χ3v) is 5.45. The Morgan fingerprint density at radius 1 is 1.43 bits per heavy atom. The summed E-state index contributed by atoms with van der Waals surface area (Å²) < 4.78 is 43.5. The highest BCUT2D eigenvalue weighted by Gasteiger charge is 2.74. The summed E-state index contributed by atoms with van der Waals surface area (Å²) in [5, 5.41) is -0.0845. The van der Waals surface area contributed by atoms with Gasteiger partial charge < -0.3 is 4.74 Å². The molecule has 1 spiro atoms. The van der Waals surface area contributed by atoms with E-state index < -0.39 is 11.7 Å². The van der Waals surface area contributed by atoms with E-state index in [4.69, 9.17) is 16.3 Å². The van der Waals surface area contributed by atoms with E-state index in [1.54, 1.807) is 0 Å². The van der Waals surface area contributed by atoms with E-state index in [1.165, 1.54) is 6.42 Å². The first kappa shape index (κ1) is 13.6. The van der Waals surface area contributed by atoms with Gasteiger partial charge in [0, 0.05) is 12.7 Å². The summed E-state index contributed by atoms with van der Waals surface area (Å²) in [4.78, 5) is 6.03. The van der Waals surface area contributed by atoms with E-state index in [2.05, 4.69) is 16.9 Å². The third kappa shape index (κ3) is 1.88. The van der Waals surface area contributed by atoms with Crippen LogP contribution in [0.2, 0.25) is 5.02 Å². The molecule has 3 nitrogen and oxygen atoms in total. The molecule has 21 heavy (non-hydrogen) atoms. The average Bonchev–Trinajstić information content (AvgIpc) is 2.99. The zero-order chi connectivity index (χ0) is 15.0. The van der Waals surface area contributed by atoms with Gasteiger partial charge in [-0.2, -0.15) is 13.2 Å². The molecule has 3 aliphatic rings. The normalized spacial score (nSPS) is 37.7. The van der Waals surface area contributed by atoms with Crippen molar-refractivity contribution in [1.82, 2.24) is 9.88 Å². The number of piperidine rings is 1. The largest absolute Gasteiger partial charge is 0.472 e. The Morgan fingerprint density at radius 2 is 2.19 bits per heavy atom. The maximum absolute atomic E-state index is 12.6. The molecule has 4 unspecified atom stereocenters. The number of hydrogen-bond acceptors (Lipinski definition) is 3. The summed E-state index contributed by atoms with van der Waals surface area (Å²) in [6.07, 6.45) is -1.50. The molecule has 1 aromatic heterocycles. The van der Waals surface area contributed by atoms with Crippen LogP contribution < -0.4 is 4.74 Å². The quantitative estimate of drug-likeness (QED) is 0.837. The standard InChI is InChI=1S/C14H14ClF3N2O/c1-20-6-8-3-13(8)4-10(11(13)20)21-12-9(15)2-7(5-19-12)14(16,17)18/h2,5,8,10-11H,3-4,6H2,1H3. The molecule has 0 bridgehead atoms. The van der Waals surface area contributed by atoms with E-state index in [1.807, 2.05) is 0 Å². The van der Waals surface area contributed by atoms with Crippen molar-refractivity contribution in [1.29, 1.82) is 0 Å². The van der Waals surface area contributed by atoms with E-state index >= 15 is 0 Å². The van der Waals surface area contributed by atoms with Crippen molar-refractivity contribution in [2.24, 2.45) is 11.3 Å². The number of likely N-dealkylation sites (tertiary alicyclic amines) is 1. The maximum atomic E-state index is 12.6. The molecule has 0 aromatic carbocycles. The summed E-state index contributed by atoms with van der Waals surface area (Å²) in [6.45, 7) is 1.08. The zero-order valence-electron chi connectivity index (χ0n) is 11.3. The molecule has 2 heterocycles. The predicted molar refractivity (Wildman–Crippen MR) is 70.2 cm³/mol. The molecule has 1 aliphatic heterocycles. The van der Waals surface area contributed by atoms with Crippen LogP contribution in [0.25, 0.3) is 0 Å². The molecule has 4 atom stereocenters. The van der Waals surface area contributed by atoms with E-state index in [0.717, 1.165) is 31.1 Å². The Hall–Kier alpha value is -1.01. The van der Waals surface area contributed by atoms with Crippen molar-refractivity contribution in [3.8, 4) is 5.88 Å². The molecule has 4 rings (SSSR count). The van der Waals surface area contributed by atoms with Crippen LogP contribution in [0.5, 0.6) is 5.88 Å². The average molecular weight is 319 g/mol. The zero-order valence-corrected chi connectivity index (χ0v) is 12.1. The van der Waals surface area contributed by atoms with E-state index in [9.17, 15) is 13.2 Å². The molecule has 2 aliphatic carbocycles. The van der Waals surface area contributed by atoms with Gasteiger partial charge in [0.2, 0.25) is 5.88 Å². The van der Waals surface area contributed by atoms with Gasteiger partial charge in [0.25, 0.3) is 0 Å². The first-order valence-electron chi connectivity index (χ1n) is 6.91. The van der Waals surface area contributed by atoms with Gasteiger partial charge in [0.05, 0.1) is 11.6 Å². The molecular formula is C14H14ClF3N2O. The molecular weight excluding hydrogens is 305 g/mol. The summed E-state index contributed by atoms with van der Waals surface area (Å²) in [6, 6.07) is 1.22. The number of halogens is 4. The topological polar surface area (TPSA) is 25.4 Å². The third-order valence-electron chi connectivity index (χ3n) is 5.18. The Kier molecular flexibility index (Phi) is 2.63. The van der Waals surface area contributed by atoms with Crippen molar-refractivity contribution in [2.45, 2.75) is 31.2 Å². The fraction of sp³-hybridized carbons (Fsp3) is 0.643. The number of aromatic nitrogens is 1. The van der Waals surface area contributed by atoms with E-state index in [0.29, 0.717) is 11.5 Å². The minimum atomic E-state index is -4.44. The second-order valence-electron chi connectivity index (χ2n) is 6.39. The number of ether oxygens (including phenoxy) is 1. The molecule has 1 saturated heterocycles. The van der Waals surface area contributed by atoms with Gasteiger partial charge in [-0.3, -0.25) is 4.90 Å². The smallest absolute Gasteiger partial charge is 0.417 e. The number of nitrogens with zero attached hydrogens (tertiary/aromatic N) is 2. The number of rotatable bonds is 2. The van der Waals surface area contributed by atoms with Gasteiger partial charge in [0.1, 0.15) is 11.1 Å². The SMILES string of the molecule is CN1CC2CC23CC(Oc2ncc(C(F)(F)F)cc2Cl)C13. The second kappa shape index (κ2) is 4.04. The van der Waals surface area contributed by atoms with Crippen molar-refractivity contribution < 1.29 is 17.9 Å². The molecule has 0 radical (unpaired) electrons. The minimum absolute atomic E-state index is 0.0239. The highest BCUT2D eigenvalue weighted by molar-refractivity contribution is 6.31. The monoisotopic (exact) mass is 318 g/mol. The highest BCUT2D eigenvalue weighted by Crippen LogP contribution is 2.71. The van der Waals surface area contributed by atoms with E-state index in [-0.39, 0.29) is 17.0 Å². The summed E-state index contributed by atoms with van der Waals surface area (Å²) in [7, 11) is 2.07. The summed E-state index contributed by atoms with van der Waals surface area (Å²) in [5.74, 6) is 0.866. The Balaban J connectivity index is 1.51. The number of alkyl halides is 3. The first-order chi connectivity index (χ1) is 9.81. The van der Waals surface area contributed by atoms with Crippen LogP contribution in [0.4, 0.5) is 13.2 Å². The summed E-state index contributed by atoms with van der Waals surface area (Å²) >= 11 is 5.88. The van der Waals surface area contributed by atoms with Gasteiger partial charge >= 0.3 is 6.18 Å². The van der Waals surface area contributed by atoms with Crippen molar-refractivity contribution in [2.75, 3.05) is 13.6 Å². The van der Waals surface area contributed by atoms with Crippen LogP contribution in [0.15, 0.2) is 12.3 Å². The van der Waals surface area contributed by atoms with Crippen LogP contribution in [0, 0.1) is 11.3 Å². The van der Waals surface area contributed by atoms with Crippen LogP contribution in [-0.2, 0) is 6.18 Å². The first-order valence-corrected chi connectivity index (χ1v) is 7.29. The number of pyridine rings is 1. The van der Waals surface area contributed by atoms with Crippen molar-refractivity contribution in [3.63, 3.8) is 0 Å². The second-order valence-corrected chi connectivity index (χ2v) is 6.79. The van der Waals surface area contributed by atoms with Crippen molar-refractivity contribution in [3.05, 3.63) is 22.8 Å². The fourth-order valence-corrected chi connectivity index (χ4v) is 4.39. The lowest BCUT2D eigenvalue weighted by molar-refractivity contribution is -0.137. The Morgan fingerprint density at radius 3 is 2.81 bits per heavy atom. The fourth-order valence-electron chi connectivity index (χ4n) is 4.18. The van der Waals surface area contributed by atoms with Gasteiger partial charge in [-0.05, 0) is 37.3 Å². The molecule has 114 valence electrons. The lowest BCUT2D eigenvalue weighted by Crippen LogP contribution is -2.56. The van der Waals surface area contributed by atoms with Crippen LogP contribution >= 0.6 is 11.6 Å². The molecule has 3 fully saturated rings. The lowest BCUT2D eigenvalue weighted by atomic mass is 9.73. The van der Waals surface area contributed by atoms with Crippen LogP contribution in [0.3, 0.4) is 0 Å². The number of likely N-dealkylation sites (N-methyl/N-ethyl adjacent to an activating group) is 1. The van der Waals surface area contributed by atoms with Crippen LogP contribution in [0.1, 0.15) is 18.4 Å². The molecule has 0 N–H and O–H groups in total. The van der Waals surface area contributed by atoms with Gasteiger partial charge in [0.15, 0.2) is 0 Å². The number of hydrogen-bond donors (Lipinski definition) is 0. The molecule has 0 amide bonds. The lowest BCUT2D eigenvalue weighted by Gasteiger charge is -2.46. The summed E-state index contributed by atoms with van der Waals surface area (Å²) in [5.41, 5.74) is -0.456. The maximum Gasteiger partial charge on any atom is 0.417 e. The van der Waals surface area contributed by atoms with Crippen molar-refractivity contribution >= 4 is 11.6 Å². The van der Waals surface area contributed by atoms with Gasteiger partial charge in [-0.15, -0.1) is 0 Å². The van der Waals surface area contributed by atoms with Crippen LogP contribution in [-0.4, -0.2) is 35.6 Å². The molecule has 7 heteroatoms. The molecule has 2 saturated carbocycles. The minimum Gasteiger partial charge on any atom is -0.472 e. The molecule has 1 aromatic rings. The Labute approximate surface area is 125 Å². The highest BCUT2D eigenvalue weighted by atomic mass is 35.5. The van der Waals surface area contributed by atoms with Gasteiger partial charge in [-0.25, -0.2) is 4.98 Å². The Bertz CT molecular complexity index is 608. The van der Waals surface area contributed by atoms with Gasteiger partial charge in [-0.1, -0.05) is 11.6 Å². The predicted octanol–water partition coefficient (Wildman–Crippen LogP) is 3.23.